The van der Waals surface area contributed by atoms with Gasteiger partial charge in [-0.2, -0.15) is 5.10 Å². The van der Waals surface area contributed by atoms with Crippen LogP contribution in [-0.4, -0.2) is 40.2 Å². The number of amides is 1. The summed E-state index contributed by atoms with van der Waals surface area (Å²) in [6.45, 7) is 2.31. The van der Waals surface area contributed by atoms with Gasteiger partial charge in [0, 0.05) is 5.56 Å². The normalized spacial score (nSPS) is 18.0. The molecular weight excluding hydrogens is 392 g/mol. The predicted octanol–water partition coefficient (Wildman–Crippen LogP) is 3.32. The highest BCUT2D eigenvalue weighted by molar-refractivity contribution is 8.15. The number of nitrogens with one attached hydrogen (secondary N) is 1. The molecule has 10 heteroatoms. The van der Waals surface area contributed by atoms with E-state index in [1.54, 1.807) is 0 Å². The van der Waals surface area contributed by atoms with Crippen molar-refractivity contribution < 1.29 is 28.2 Å². The van der Waals surface area contributed by atoms with Crippen LogP contribution >= 0.6 is 11.8 Å². The van der Waals surface area contributed by atoms with Crippen molar-refractivity contribution in [3.63, 3.8) is 0 Å². The third-order valence-electron chi connectivity index (χ3n) is 3.76. The summed E-state index contributed by atoms with van der Waals surface area (Å²) in [7, 11) is 0. The Morgan fingerprint density at radius 1 is 1.32 bits per heavy atom. The average molecular weight is 413 g/mol. The molecule has 1 fully saturated rings. The molecule has 0 saturated carbocycles. The van der Waals surface area contributed by atoms with Crippen LogP contribution in [0.15, 0.2) is 22.3 Å². The van der Waals surface area contributed by atoms with Gasteiger partial charge in [0.2, 0.25) is 5.91 Å². The number of carbonyl (C=O) groups excluding carboxylic acids is 1. The number of aliphatic carboxylic acids is 1. The zero-order valence-corrected chi connectivity index (χ0v) is 16.1. The summed E-state index contributed by atoms with van der Waals surface area (Å²) in [5, 5.41) is 17.9. The van der Waals surface area contributed by atoms with Gasteiger partial charge in [0.05, 0.1) is 19.2 Å². The molecule has 1 unspecified atom stereocenters. The van der Waals surface area contributed by atoms with Crippen molar-refractivity contribution in [2.75, 3.05) is 6.61 Å². The number of carbonyl (C=O) groups is 2. The molecule has 1 atom stereocenters. The fourth-order valence-corrected chi connectivity index (χ4v) is 3.30. The van der Waals surface area contributed by atoms with Gasteiger partial charge in [0.1, 0.15) is 5.25 Å². The van der Waals surface area contributed by atoms with E-state index < -0.39 is 34.5 Å². The van der Waals surface area contributed by atoms with E-state index in [4.69, 9.17) is 9.84 Å². The summed E-state index contributed by atoms with van der Waals surface area (Å²) >= 11 is 0.932. The first-order chi connectivity index (χ1) is 13.4. The van der Waals surface area contributed by atoms with Crippen LogP contribution in [0.3, 0.4) is 0 Å². The van der Waals surface area contributed by atoms with Crippen LogP contribution in [0.2, 0.25) is 0 Å². The Kier molecular flexibility index (Phi) is 8.37. The quantitative estimate of drug-likeness (QED) is 0.348. The van der Waals surface area contributed by atoms with Gasteiger partial charge >= 0.3 is 5.97 Å². The number of hydrogen-bond donors (Lipinski definition) is 2. The number of ether oxygens (including phenoxy) is 1. The summed E-state index contributed by atoms with van der Waals surface area (Å²) in [6.07, 6.45) is 4.55. The molecule has 7 nitrogen and oxygen atoms in total. The first kappa shape index (κ1) is 21.8. The number of unbranched alkanes of at least 4 members (excludes halogenated alkanes) is 3. The second kappa shape index (κ2) is 10.7. The Morgan fingerprint density at radius 2 is 2.04 bits per heavy atom. The van der Waals surface area contributed by atoms with Crippen LogP contribution in [0.5, 0.6) is 5.75 Å². The minimum atomic E-state index is -1.10. The first-order valence-corrected chi connectivity index (χ1v) is 9.70. The highest BCUT2D eigenvalue weighted by Gasteiger charge is 2.32. The van der Waals surface area contributed by atoms with Crippen molar-refractivity contribution >= 4 is 35.0 Å². The topological polar surface area (TPSA) is 100 Å². The lowest BCUT2D eigenvalue weighted by atomic mass is 10.2. The van der Waals surface area contributed by atoms with E-state index in [-0.39, 0.29) is 23.8 Å². The molecule has 1 aromatic carbocycles. The van der Waals surface area contributed by atoms with E-state index in [0.717, 1.165) is 55.8 Å². The average Bonchev–Trinajstić information content (AvgIpc) is 2.95. The molecule has 2 rings (SSSR count). The van der Waals surface area contributed by atoms with Crippen LogP contribution in [0.1, 0.15) is 44.6 Å². The van der Waals surface area contributed by atoms with Crippen LogP contribution in [0.25, 0.3) is 0 Å². The lowest BCUT2D eigenvalue weighted by Gasteiger charge is -2.08. The second-order valence-electron chi connectivity index (χ2n) is 6.07. The summed E-state index contributed by atoms with van der Waals surface area (Å²) in [5.41, 5.74) is 0.133. The Morgan fingerprint density at radius 3 is 2.68 bits per heavy atom. The molecule has 0 aromatic heterocycles. The number of thioether (sulfide) groups is 1. The molecule has 1 aromatic rings. The van der Waals surface area contributed by atoms with Crippen molar-refractivity contribution in [1.29, 1.82) is 0 Å². The van der Waals surface area contributed by atoms with Gasteiger partial charge in [-0.25, -0.2) is 8.78 Å². The third-order valence-corrected chi connectivity index (χ3v) is 4.83. The smallest absolute Gasteiger partial charge is 0.305 e. The molecular formula is C18H21F2N3O4S. The van der Waals surface area contributed by atoms with Crippen molar-refractivity contribution in [2.45, 2.75) is 44.3 Å². The maximum absolute atomic E-state index is 14.1. The van der Waals surface area contributed by atoms with E-state index in [0.29, 0.717) is 0 Å². The second-order valence-corrected chi connectivity index (χ2v) is 7.26. The zero-order valence-electron chi connectivity index (χ0n) is 15.3. The van der Waals surface area contributed by atoms with Crippen molar-refractivity contribution in [3.05, 3.63) is 29.3 Å². The van der Waals surface area contributed by atoms with Crippen molar-refractivity contribution in [3.8, 4) is 5.75 Å². The van der Waals surface area contributed by atoms with Gasteiger partial charge in [0.25, 0.3) is 0 Å². The maximum atomic E-state index is 14.1. The van der Waals surface area contributed by atoms with Crippen LogP contribution < -0.4 is 10.1 Å². The number of halogens is 2. The molecule has 1 amide bonds. The number of nitrogens with zero attached hydrogens (tertiary/aromatic N) is 2. The molecule has 152 valence electrons. The van der Waals surface area contributed by atoms with Gasteiger partial charge in [0.15, 0.2) is 22.6 Å². The highest BCUT2D eigenvalue weighted by atomic mass is 32.2. The summed E-state index contributed by atoms with van der Waals surface area (Å²) < 4.78 is 33.3. The maximum Gasteiger partial charge on any atom is 0.305 e. The van der Waals surface area contributed by atoms with Crippen LogP contribution in [0, 0.1) is 11.6 Å². The molecule has 0 radical (unpaired) electrons. The largest absolute Gasteiger partial charge is 0.488 e. The number of amidine groups is 1. The van der Waals surface area contributed by atoms with Gasteiger partial charge in [-0.3, -0.25) is 9.59 Å². The SMILES string of the molecule is CCCCCCOc1c(F)cc(C=NN=C2NC(=O)C(CC(=O)O)S2)cc1F. The molecule has 1 aliphatic heterocycles. The monoisotopic (exact) mass is 413 g/mol. The lowest BCUT2D eigenvalue weighted by Crippen LogP contribution is -2.26. The molecule has 1 saturated heterocycles. The minimum absolute atomic E-state index is 0.125. The number of carboxylic acids is 1. The summed E-state index contributed by atoms with van der Waals surface area (Å²) in [6, 6.07) is 2.14. The highest BCUT2D eigenvalue weighted by Crippen LogP contribution is 2.24. The van der Waals surface area contributed by atoms with Crippen LogP contribution in [-0.2, 0) is 9.59 Å². The van der Waals surface area contributed by atoms with Crippen molar-refractivity contribution in [2.24, 2.45) is 10.2 Å². The molecule has 1 aliphatic rings. The molecule has 0 bridgehead atoms. The molecule has 0 spiro atoms. The fourth-order valence-electron chi connectivity index (χ4n) is 2.39. The summed E-state index contributed by atoms with van der Waals surface area (Å²) in [4.78, 5) is 22.2. The molecule has 1 heterocycles. The van der Waals surface area contributed by atoms with Crippen molar-refractivity contribution in [1.82, 2.24) is 5.32 Å². The number of rotatable bonds is 10. The zero-order chi connectivity index (χ0) is 20.5. The predicted molar refractivity (Wildman–Crippen MR) is 103 cm³/mol. The third kappa shape index (κ3) is 6.59. The molecule has 0 aliphatic carbocycles. The van der Waals surface area contributed by atoms with Gasteiger partial charge in [-0.15, -0.1) is 5.10 Å². The Bertz CT molecular complexity index is 763. The molecule has 28 heavy (non-hydrogen) atoms. The van der Waals surface area contributed by atoms with E-state index >= 15 is 0 Å². The van der Waals surface area contributed by atoms with E-state index in [2.05, 4.69) is 22.4 Å². The number of benzene rings is 1. The fraction of sp³-hybridized carbons (Fsp3) is 0.444. The first-order valence-electron chi connectivity index (χ1n) is 8.83. The molecule has 2 N–H and O–H groups in total. The Balaban J connectivity index is 1.95. The summed E-state index contributed by atoms with van der Waals surface area (Å²) in [5.74, 6) is -3.67. The van der Waals surface area contributed by atoms with Gasteiger partial charge < -0.3 is 15.2 Å². The Labute approximate surface area is 165 Å². The minimum Gasteiger partial charge on any atom is -0.488 e. The lowest BCUT2D eigenvalue weighted by molar-refractivity contribution is -0.138. The number of carboxylic acid groups (broad SMARTS) is 1. The van der Waals surface area contributed by atoms with E-state index in [1.807, 2.05) is 0 Å². The number of hydrogen-bond acceptors (Lipinski definition) is 6. The van der Waals surface area contributed by atoms with E-state index in [9.17, 15) is 18.4 Å². The Hall–Kier alpha value is -2.49. The van der Waals surface area contributed by atoms with Gasteiger partial charge in [-0.1, -0.05) is 37.9 Å². The van der Waals surface area contributed by atoms with E-state index in [1.165, 1.54) is 0 Å². The van der Waals surface area contributed by atoms with Crippen LogP contribution in [0.4, 0.5) is 8.78 Å². The van der Waals surface area contributed by atoms with Gasteiger partial charge in [-0.05, 0) is 18.6 Å². The standard InChI is InChI=1S/C18H21F2N3O4S/c1-2-3-4-5-6-27-16-12(19)7-11(8-13(16)20)10-21-23-18-22-17(26)14(28-18)9-15(24)25/h7-8,10,14H,2-6,9H2,1H3,(H,24,25)(H,22,23,26).